The standard InChI is InChI=1S/C25H34N2O4.ClH/c26-13-7-17-29-15-5-6-16-30-18-8-14-27-25(28)31-19-24-22-11-3-1-9-20(22)21-10-2-4-12-23(21)24;/h1-4,9-12,24H,5-8,13-19,26H2,(H,27,28);1H. The van der Waals surface area contributed by atoms with Crippen molar-refractivity contribution in [2.24, 2.45) is 5.73 Å². The van der Waals surface area contributed by atoms with Crippen LogP contribution in [0.15, 0.2) is 48.5 Å². The summed E-state index contributed by atoms with van der Waals surface area (Å²) < 4.78 is 16.6. The minimum Gasteiger partial charge on any atom is -0.449 e. The van der Waals surface area contributed by atoms with Crippen LogP contribution in [0.3, 0.4) is 0 Å². The van der Waals surface area contributed by atoms with Crippen molar-refractivity contribution >= 4 is 18.5 Å². The molecule has 0 bridgehead atoms. The quantitative estimate of drug-likeness (QED) is 0.404. The third-order valence-electron chi connectivity index (χ3n) is 5.40. The molecule has 1 aliphatic rings. The highest BCUT2D eigenvalue weighted by molar-refractivity contribution is 5.85. The molecule has 176 valence electrons. The summed E-state index contributed by atoms with van der Waals surface area (Å²) in [6.45, 7) is 4.38. The number of fused-ring (bicyclic) bond motifs is 3. The van der Waals surface area contributed by atoms with Gasteiger partial charge in [0.25, 0.3) is 0 Å². The van der Waals surface area contributed by atoms with Gasteiger partial charge >= 0.3 is 6.09 Å². The van der Waals surface area contributed by atoms with Crippen molar-refractivity contribution in [3.63, 3.8) is 0 Å². The summed E-state index contributed by atoms with van der Waals surface area (Å²) in [4.78, 5) is 12.1. The molecule has 0 aromatic heterocycles. The molecule has 0 unspecified atom stereocenters. The van der Waals surface area contributed by atoms with Crippen LogP contribution in [-0.2, 0) is 14.2 Å². The Hall–Kier alpha value is -2.12. The Morgan fingerprint density at radius 1 is 0.812 bits per heavy atom. The smallest absolute Gasteiger partial charge is 0.407 e. The Labute approximate surface area is 197 Å². The van der Waals surface area contributed by atoms with Crippen molar-refractivity contribution in [2.45, 2.75) is 31.6 Å². The number of rotatable bonds is 14. The molecule has 3 N–H and O–H groups in total. The predicted molar refractivity (Wildman–Crippen MR) is 129 cm³/mol. The van der Waals surface area contributed by atoms with E-state index in [2.05, 4.69) is 29.6 Å². The van der Waals surface area contributed by atoms with E-state index in [4.69, 9.17) is 19.9 Å². The molecule has 0 heterocycles. The molecule has 0 aliphatic heterocycles. The molecule has 0 atom stereocenters. The number of nitrogens with two attached hydrogens (primary N) is 1. The van der Waals surface area contributed by atoms with Crippen molar-refractivity contribution in [1.29, 1.82) is 0 Å². The van der Waals surface area contributed by atoms with Crippen LogP contribution in [0.4, 0.5) is 4.79 Å². The molecule has 0 saturated heterocycles. The zero-order chi connectivity index (χ0) is 21.7. The molecule has 1 amide bonds. The Balaban J connectivity index is 0.00000363. The first kappa shape index (κ1) is 26.1. The van der Waals surface area contributed by atoms with Crippen molar-refractivity contribution in [3.8, 4) is 11.1 Å². The fourth-order valence-electron chi connectivity index (χ4n) is 3.81. The highest BCUT2D eigenvalue weighted by Crippen LogP contribution is 2.44. The van der Waals surface area contributed by atoms with Gasteiger partial charge in [0.05, 0.1) is 0 Å². The van der Waals surface area contributed by atoms with Gasteiger partial charge in [-0.05, 0) is 54.5 Å². The van der Waals surface area contributed by atoms with Crippen LogP contribution >= 0.6 is 12.4 Å². The first-order chi connectivity index (χ1) is 15.3. The van der Waals surface area contributed by atoms with Gasteiger partial charge in [-0.3, -0.25) is 0 Å². The number of amides is 1. The Morgan fingerprint density at radius 2 is 1.34 bits per heavy atom. The number of carbonyl (C=O) groups excluding carboxylic acids is 1. The number of halogens is 1. The molecule has 3 rings (SSSR count). The number of ether oxygens (including phenoxy) is 3. The van der Waals surface area contributed by atoms with Gasteiger partial charge in [0.15, 0.2) is 0 Å². The monoisotopic (exact) mass is 462 g/mol. The molecule has 0 fully saturated rings. The van der Waals surface area contributed by atoms with Crippen LogP contribution in [0.1, 0.15) is 42.7 Å². The Morgan fingerprint density at radius 3 is 1.94 bits per heavy atom. The van der Waals surface area contributed by atoms with E-state index >= 15 is 0 Å². The second-order valence-corrected chi connectivity index (χ2v) is 7.68. The average molecular weight is 463 g/mol. The van der Waals surface area contributed by atoms with Crippen LogP contribution in [-0.4, -0.2) is 52.2 Å². The number of hydrogen-bond donors (Lipinski definition) is 2. The molecule has 2 aromatic rings. The number of nitrogens with one attached hydrogen (secondary N) is 1. The number of benzene rings is 2. The molecular formula is C25H35ClN2O4. The third kappa shape index (κ3) is 7.78. The van der Waals surface area contributed by atoms with Crippen molar-refractivity contribution in [1.82, 2.24) is 5.32 Å². The van der Waals surface area contributed by atoms with E-state index in [0.717, 1.165) is 38.9 Å². The highest BCUT2D eigenvalue weighted by atomic mass is 35.5. The second kappa shape index (κ2) is 14.9. The lowest BCUT2D eigenvalue weighted by Crippen LogP contribution is -2.27. The summed E-state index contributed by atoms with van der Waals surface area (Å²) in [5, 5.41) is 2.81. The predicted octanol–water partition coefficient (Wildman–Crippen LogP) is 4.50. The Bertz CT molecular complexity index is 773. The molecule has 2 aromatic carbocycles. The van der Waals surface area contributed by atoms with Gasteiger partial charge in [-0.2, -0.15) is 0 Å². The van der Waals surface area contributed by atoms with Gasteiger partial charge < -0.3 is 25.3 Å². The van der Waals surface area contributed by atoms with Gasteiger partial charge in [0, 0.05) is 38.9 Å². The Kier molecular flexibility index (Phi) is 12.1. The van der Waals surface area contributed by atoms with Crippen molar-refractivity contribution < 1.29 is 19.0 Å². The fraction of sp³-hybridized carbons (Fsp3) is 0.480. The lowest BCUT2D eigenvalue weighted by molar-refractivity contribution is 0.100. The first-order valence-corrected chi connectivity index (χ1v) is 11.3. The van der Waals surface area contributed by atoms with E-state index in [1.807, 2.05) is 24.3 Å². The summed E-state index contributed by atoms with van der Waals surface area (Å²) in [5.74, 6) is 0.0840. The number of hydrogen-bond acceptors (Lipinski definition) is 5. The van der Waals surface area contributed by atoms with Crippen LogP contribution in [0.2, 0.25) is 0 Å². The minimum absolute atomic E-state index is 0. The van der Waals surface area contributed by atoms with E-state index in [1.54, 1.807) is 0 Å². The molecular weight excluding hydrogens is 428 g/mol. The topological polar surface area (TPSA) is 82.8 Å². The second-order valence-electron chi connectivity index (χ2n) is 7.68. The van der Waals surface area contributed by atoms with Gasteiger partial charge in [-0.25, -0.2) is 4.79 Å². The van der Waals surface area contributed by atoms with Crippen LogP contribution in [0, 0.1) is 0 Å². The van der Waals surface area contributed by atoms with E-state index < -0.39 is 0 Å². The van der Waals surface area contributed by atoms with Gasteiger partial charge in [-0.15, -0.1) is 12.4 Å². The zero-order valence-corrected chi connectivity index (χ0v) is 19.4. The zero-order valence-electron chi connectivity index (χ0n) is 18.6. The number of carbonyl (C=O) groups is 1. The maximum atomic E-state index is 12.1. The molecule has 6 nitrogen and oxygen atoms in total. The fourth-order valence-corrected chi connectivity index (χ4v) is 3.81. The maximum Gasteiger partial charge on any atom is 0.407 e. The van der Waals surface area contributed by atoms with Crippen LogP contribution in [0.5, 0.6) is 0 Å². The summed E-state index contributed by atoms with van der Waals surface area (Å²) in [6.07, 6.45) is 3.26. The molecule has 1 aliphatic carbocycles. The first-order valence-electron chi connectivity index (χ1n) is 11.3. The van der Waals surface area contributed by atoms with E-state index in [-0.39, 0.29) is 24.4 Å². The highest BCUT2D eigenvalue weighted by Gasteiger charge is 2.28. The molecule has 0 spiro atoms. The lowest BCUT2D eigenvalue weighted by Gasteiger charge is -2.14. The van der Waals surface area contributed by atoms with Gasteiger partial charge in [0.1, 0.15) is 6.61 Å². The number of alkyl carbamates (subject to hydrolysis) is 1. The van der Waals surface area contributed by atoms with Gasteiger partial charge in [0.2, 0.25) is 0 Å². The molecule has 0 saturated carbocycles. The molecule has 32 heavy (non-hydrogen) atoms. The summed E-state index contributed by atoms with van der Waals surface area (Å²) in [7, 11) is 0. The van der Waals surface area contributed by atoms with Gasteiger partial charge in [-0.1, -0.05) is 48.5 Å². The molecule has 7 heteroatoms. The van der Waals surface area contributed by atoms with Crippen LogP contribution < -0.4 is 11.1 Å². The largest absolute Gasteiger partial charge is 0.449 e. The number of unbranched alkanes of at least 4 members (excludes halogenated alkanes) is 1. The third-order valence-corrected chi connectivity index (χ3v) is 5.40. The van der Waals surface area contributed by atoms with Crippen molar-refractivity contribution in [2.75, 3.05) is 46.1 Å². The van der Waals surface area contributed by atoms with E-state index in [0.29, 0.717) is 32.9 Å². The maximum absolute atomic E-state index is 12.1. The SMILES string of the molecule is Cl.NCCCOCCCCOCCCNC(=O)OCC1c2ccccc2-c2ccccc21. The van der Waals surface area contributed by atoms with E-state index in [9.17, 15) is 4.79 Å². The summed E-state index contributed by atoms with van der Waals surface area (Å²) in [6, 6.07) is 16.7. The lowest BCUT2D eigenvalue weighted by atomic mass is 9.98. The van der Waals surface area contributed by atoms with Crippen LogP contribution in [0.25, 0.3) is 11.1 Å². The average Bonchev–Trinajstić information content (AvgIpc) is 3.12. The summed E-state index contributed by atoms with van der Waals surface area (Å²) >= 11 is 0. The van der Waals surface area contributed by atoms with E-state index in [1.165, 1.54) is 22.3 Å². The molecule has 0 radical (unpaired) electrons. The minimum atomic E-state index is -0.378. The van der Waals surface area contributed by atoms with Crippen molar-refractivity contribution in [3.05, 3.63) is 59.7 Å². The summed E-state index contributed by atoms with van der Waals surface area (Å²) in [5.41, 5.74) is 10.3. The normalized spacial score (nSPS) is 12.0.